The molecule has 0 bridgehead atoms. The number of nitrogens with zero attached hydrogens (tertiary/aromatic N) is 1. The highest BCUT2D eigenvalue weighted by Gasteiger charge is 2.18. The van der Waals surface area contributed by atoms with Crippen molar-refractivity contribution in [2.45, 2.75) is 6.42 Å². The van der Waals surface area contributed by atoms with Crippen LogP contribution in [0.15, 0.2) is 23.6 Å². The Morgan fingerprint density at radius 1 is 1.16 bits per heavy atom. The SMILES string of the molecule is Nc1nc(-c2ccc3c(c2)NC(=O)CC(=O)N3)cs1. The van der Waals surface area contributed by atoms with E-state index in [1.165, 1.54) is 11.3 Å². The molecule has 19 heavy (non-hydrogen) atoms. The molecule has 1 aromatic carbocycles. The van der Waals surface area contributed by atoms with Crippen LogP contribution in [0.3, 0.4) is 0 Å². The summed E-state index contributed by atoms with van der Waals surface area (Å²) in [5.74, 6) is -0.645. The minimum absolute atomic E-state index is 0.173. The zero-order chi connectivity index (χ0) is 13.4. The predicted molar refractivity (Wildman–Crippen MR) is 73.8 cm³/mol. The summed E-state index contributed by atoms with van der Waals surface area (Å²) in [6, 6.07) is 5.34. The van der Waals surface area contributed by atoms with E-state index in [0.717, 1.165) is 11.3 Å². The predicted octanol–water partition coefficient (Wildman–Crippen LogP) is 1.67. The van der Waals surface area contributed by atoms with E-state index in [-0.39, 0.29) is 18.2 Å². The molecule has 0 spiro atoms. The van der Waals surface area contributed by atoms with Crippen LogP contribution >= 0.6 is 11.3 Å². The average Bonchev–Trinajstić information content (AvgIpc) is 2.71. The maximum Gasteiger partial charge on any atom is 0.233 e. The fraction of sp³-hybridized carbons (Fsp3) is 0.0833. The van der Waals surface area contributed by atoms with Crippen molar-refractivity contribution in [1.82, 2.24) is 4.98 Å². The molecule has 1 aliphatic rings. The Morgan fingerprint density at radius 2 is 1.89 bits per heavy atom. The minimum atomic E-state index is -0.328. The minimum Gasteiger partial charge on any atom is -0.375 e. The van der Waals surface area contributed by atoms with Crippen molar-refractivity contribution in [3.63, 3.8) is 0 Å². The molecule has 6 nitrogen and oxygen atoms in total. The summed E-state index contributed by atoms with van der Waals surface area (Å²) < 4.78 is 0. The molecule has 2 amide bonds. The van der Waals surface area contributed by atoms with E-state index in [4.69, 9.17) is 5.73 Å². The van der Waals surface area contributed by atoms with Crippen molar-refractivity contribution >= 4 is 39.7 Å². The van der Waals surface area contributed by atoms with Gasteiger partial charge in [0.1, 0.15) is 6.42 Å². The first-order valence-corrected chi connectivity index (χ1v) is 6.45. The van der Waals surface area contributed by atoms with E-state index in [2.05, 4.69) is 15.6 Å². The van der Waals surface area contributed by atoms with Gasteiger partial charge >= 0.3 is 0 Å². The van der Waals surface area contributed by atoms with Crippen molar-refractivity contribution in [1.29, 1.82) is 0 Å². The van der Waals surface area contributed by atoms with Gasteiger partial charge in [0, 0.05) is 10.9 Å². The number of rotatable bonds is 1. The van der Waals surface area contributed by atoms with Crippen molar-refractivity contribution in [3.05, 3.63) is 23.6 Å². The van der Waals surface area contributed by atoms with Gasteiger partial charge in [-0.25, -0.2) is 4.98 Å². The molecule has 3 rings (SSSR count). The molecule has 0 radical (unpaired) electrons. The lowest BCUT2D eigenvalue weighted by Crippen LogP contribution is -2.16. The number of hydrogen-bond acceptors (Lipinski definition) is 5. The van der Waals surface area contributed by atoms with E-state index >= 15 is 0 Å². The topological polar surface area (TPSA) is 97.1 Å². The van der Waals surface area contributed by atoms with Gasteiger partial charge in [-0.05, 0) is 12.1 Å². The molecular formula is C12H10N4O2S. The van der Waals surface area contributed by atoms with Gasteiger partial charge in [-0.1, -0.05) is 6.07 Å². The van der Waals surface area contributed by atoms with Gasteiger partial charge in [0.05, 0.1) is 17.1 Å². The van der Waals surface area contributed by atoms with Gasteiger partial charge in [-0.3, -0.25) is 9.59 Å². The lowest BCUT2D eigenvalue weighted by atomic mass is 10.1. The largest absolute Gasteiger partial charge is 0.375 e. The lowest BCUT2D eigenvalue weighted by molar-refractivity contribution is -0.123. The highest BCUT2D eigenvalue weighted by molar-refractivity contribution is 7.13. The van der Waals surface area contributed by atoms with Gasteiger partial charge in [-0.2, -0.15) is 0 Å². The van der Waals surface area contributed by atoms with Crippen LogP contribution in [0.5, 0.6) is 0 Å². The number of aromatic nitrogens is 1. The lowest BCUT2D eigenvalue weighted by Gasteiger charge is -2.08. The van der Waals surface area contributed by atoms with Crippen LogP contribution in [0, 0.1) is 0 Å². The number of carbonyl (C=O) groups excluding carboxylic acids is 2. The molecule has 1 aliphatic heterocycles. The third kappa shape index (κ3) is 2.27. The highest BCUT2D eigenvalue weighted by atomic mass is 32.1. The Balaban J connectivity index is 2.03. The molecule has 0 aliphatic carbocycles. The molecule has 7 heteroatoms. The van der Waals surface area contributed by atoms with Crippen molar-refractivity contribution < 1.29 is 9.59 Å². The third-order valence-electron chi connectivity index (χ3n) is 2.71. The Kier molecular flexibility index (Phi) is 2.68. The molecule has 0 unspecified atom stereocenters. The number of hydrogen-bond donors (Lipinski definition) is 3. The van der Waals surface area contributed by atoms with Crippen LogP contribution < -0.4 is 16.4 Å². The molecule has 0 fully saturated rings. The van der Waals surface area contributed by atoms with E-state index in [1.54, 1.807) is 12.1 Å². The molecule has 4 N–H and O–H groups in total. The summed E-state index contributed by atoms with van der Waals surface area (Å²) in [6.45, 7) is 0. The number of nitrogens with two attached hydrogens (primary N) is 1. The van der Waals surface area contributed by atoms with E-state index in [0.29, 0.717) is 16.5 Å². The molecular weight excluding hydrogens is 264 g/mol. The first-order valence-electron chi connectivity index (χ1n) is 5.57. The quantitative estimate of drug-likeness (QED) is 0.689. The van der Waals surface area contributed by atoms with Crippen LogP contribution in [-0.2, 0) is 9.59 Å². The zero-order valence-corrected chi connectivity index (χ0v) is 10.6. The number of carbonyl (C=O) groups is 2. The highest BCUT2D eigenvalue weighted by Crippen LogP contribution is 2.31. The smallest absolute Gasteiger partial charge is 0.233 e. The monoisotopic (exact) mass is 274 g/mol. The van der Waals surface area contributed by atoms with Gasteiger partial charge in [0.15, 0.2) is 5.13 Å². The Morgan fingerprint density at radius 3 is 2.58 bits per heavy atom. The standard InChI is InChI=1S/C12H10N4O2S/c13-12-16-9(5-19-12)6-1-2-7-8(3-6)15-11(18)4-10(17)14-7/h1-3,5H,4H2,(H2,13,16)(H,14,17)(H,15,18). The molecule has 0 atom stereocenters. The summed E-state index contributed by atoms with van der Waals surface area (Å²) in [5.41, 5.74) is 8.34. The van der Waals surface area contributed by atoms with Crippen LogP contribution in [0.25, 0.3) is 11.3 Å². The second-order valence-corrected chi connectivity index (χ2v) is 4.99. The average molecular weight is 274 g/mol. The van der Waals surface area contributed by atoms with Crippen LogP contribution in [0.2, 0.25) is 0 Å². The first kappa shape index (κ1) is 11.7. The molecule has 0 saturated carbocycles. The summed E-state index contributed by atoms with van der Waals surface area (Å²) in [5, 5.41) is 7.69. The Hall–Kier alpha value is -2.41. The molecule has 0 saturated heterocycles. The fourth-order valence-corrected chi connectivity index (χ4v) is 2.44. The van der Waals surface area contributed by atoms with Crippen LogP contribution in [0.4, 0.5) is 16.5 Å². The second-order valence-electron chi connectivity index (χ2n) is 4.10. The van der Waals surface area contributed by atoms with Crippen molar-refractivity contribution in [2.24, 2.45) is 0 Å². The first-order chi connectivity index (χ1) is 9.11. The summed E-state index contributed by atoms with van der Waals surface area (Å²) >= 11 is 1.35. The molecule has 2 heterocycles. The number of nitrogen functional groups attached to an aromatic ring is 1. The van der Waals surface area contributed by atoms with Crippen molar-refractivity contribution in [3.8, 4) is 11.3 Å². The number of thiazole rings is 1. The van der Waals surface area contributed by atoms with Gasteiger partial charge in [0.2, 0.25) is 11.8 Å². The van der Waals surface area contributed by atoms with Gasteiger partial charge in [-0.15, -0.1) is 11.3 Å². The Labute approximate surface area is 112 Å². The number of fused-ring (bicyclic) bond motifs is 1. The molecule has 2 aromatic rings. The number of benzene rings is 1. The second kappa shape index (κ2) is 4.36. The number of amides is 2. The van der Waals surface area contributed by atoms with Crippen molar-refractivity contribution in [2.75, 3.05) is 16.4 Å². The van der Waals surface area contributed by atoms with Gasteiger partial charge < -0.3 is 16.4 Å². The van der Waals surface area contributed by atoms with E-state index in [1.807, 2.05) is 11.4 Å². The molecule has 1 aromatic heterocycles. The Bertz CT molecular complexity index is 680. The molecule has 96 valence electrons. The normalized spacial score (nSPS) is 14.3. The van der Waals surface area contributed by atoms with E-state index < -0.39 is 0 Å². The summed E-state index contributed by atoms with van der Waals surface area (Å²) in [7, 11) is 0. The van der Waals surface area contributed by atoms with Gasteiger partial charge in [0.25, 0.3) is 0 Å². The fourth-order valence-electron chi connectivity index (χ4n) is 1.87. The number of nitrogens with one attached hydrogen (secondary N) is 2. The summed E-state index contributed by atoms with van der Waals surface area (Å²) in [4.78, 5) is 27.1. The number of anilines is 3. The third-order valence-corrected chi connectivity index (χ3v) is 3.38. The van der Waals surface area contributed by atoms with Crippen LogP contribution in [-0.4, -0.2) is 16.8 Å². The summed E-state index contributed by atoms with van der Waals surface area (Å²) in [6.07, 6.45) is -0.173. The maximum atomic E-state index is 11.5. The zero-order valence-electron chi connectivity index (χ0n) is 9.77. The van der Waals surface area contributed by atoms with Crippen LogP contribution in [0.1, 0.15) is 6.42 Å². The van der Waals surface area contributed by atoms with E-state index in [9.17, 15) is 9.59 Å². The maximum absolute atomic E-state index is 11.5.